The molecule has 2 rings (SSSR count). The molecule has 0 amide bonds. The van der Waals surface area contributed by atoms with Gasteiger partial charge >= 0.3 is 0 Å². The zero-order chi connectivity index (χ0) is 13.1. The third-order valence-corrected chi connectivity index (χ3v) is 2.40. The minimum absolute atomic E-state index is 0.107. The van der Waals surface area contributed by atoms with Gasteiger partial charge in [0.1, 0.15) is 0 Å². The van der Waals surface area contributed by atoms with E-state index in [0.717, 1.165) is 5.69 Å². The number of hydrazine groups is 1. The molecule has 1 aromatic carbocycles. The highest BCUT2D eigenvalue weighted by Crippen LogP contribution is 2.20. The summed E-state index contributed by atoms with van der Waals surface area (Å²) in [6.07, 6.45) is 0. The first-order chi connectivity index (χ1) is 8.58. The van der Waals surface area contributed by atoms with Gasteiger partial charge in [-0.15, -0.1) is 0 Å². The first kappa shape index (κ1) is 12.5. The van der Waals surface area contributed by atoms with E-state index >= 15 is 0 Å². The average Bonchev–Trinajstić information content (AvgIpc) is 2.38. The van der Waals surface area contributed by atoms with Gasteiger partial charge in [-0.2, -0.15) is 15.0 Å². The molecule has 2 N–H and O–H groups in total. The summed E-state index contributed by atoms with van der Waals surface area (Å²) in [5.74, 6) is 6.71. The molecule has 0 saturated carbocycles. The Balaban J connectivity index is 2.39. The molecular formula is C11H13ClN6. The van der Waals surface area contributed by atoms with Crippen LogP contribution in [-0.4, -0.2) is 29.0 Å². The summed E-state index contributed by atoms with van der Waals surface area (Å²) < 4.78 is 0. The first-order valence-electron chi connectivity index (χ1n) is 5.26. The molecule has 0 saturated heterocycles. The molecule has 1 heterocycles. The highest BCUT2D eigenvalue weighted by molar-refractivity contribution is 6.28. The van der Waals surface area contributed by atoms with E-state index in [1.165, 1.54) is 5.01 Å². The third kappa shape index (κ3) is 2.66. The lowest BCUT2D eigenvalue weighted by atomic mass is 10.3. The number of hydrogen-bond donors (Lipinski definition) is 1. The normalized spacial score (nSPS) is 10.2. The van der Waals surface area contributed by atoms with Gasteiger partial charge in [0.25, 0.3) is 5.95 Å². The monoisotopic (exact) mass is 264 g/mol. The summed E-state index contributed by atoms with van der Waals surface area (Å²) in [6.45, 7) is 0. The third-order valence-electron chi connectivity index (χ3n) is 2.23. The molecule has 0 spiro atoms. The fourth-order valence-electron chi connectivity index (χ4n) is 1.34. The second kappa shape index (κ2) is 5.16. The maximum atomic E-state index is 5.96. The van der Waals surface area contributed by atoms with Crippen LogP contribution in [0.15, 0.2) is 30.3 Å². The Morgan fingerprint density at radius 2 is 1.61 bits per heavy atom. The second-order valence-corrected chi connectivity index (χ2v) is 4.14. The van der Waals surface area contributed by atoms with E-state index in [4.69, 9.17) is 17.4 Å². The SMILES string of the molecule is CN(C)c1nc(Cl)nc(N(N)c2ccccc2)n1. The predicted molar refractivity (Wildman–Crippen MR) is 71.9 cm³/mol. The summed E-state index contributed by atoms with van der Waals surface area (Å²) in [5, 5.41) is 1.47. The van der Waals surface area contributed by atoms with Gasteiger partial charge in [0, 0.05) is 14.1 Å². The second-order valence-electron chi connectivity index (χ2n) is 3.80. The van der Waals surface area contributed by atoms with Gasteiger partial charge in [-0.05, 0) is 23.7 Å². The highest BCUT2D eigenvalue weighted by atomic mass is 35.5. The molecule has 7 heteroatoms. The van der Waals surface area contributed by atoms with Crippen LogP contribution < -0.4 is 15.8 Å². The van der Waals surface area contributed by atoms with Crippen molar-refractivity contribution < 1.29 is 0 Å². The average molecular weight is 265 g/mol. The summed E-state index contributed by atoms with van der Waals surface area (Å²) in [4.78, 5) is 14.0. The number of hydrogen-bond acceptors (Lipinski definition) is 6. The molecule has 0 atom stereocenters. The van der Waals surface area contributed by atoms with E-state index in [2.05, 4.69) is 15.0 Å². The summed E-state index contributed by atoms with van der Waals surface area (Å²) in [5.41, 5.74) is 0.768. The van der Waals surface area contributed by atoms with Crippen molar-refractivity contribution in [2.45, 2.75) is 0 Å². The van der Waals surface area contributed by atoms with E-state index in [1.807, 2.05) is 44.4 Å². The van der Waals surface area contributed by atoms with Crippen LogP contribution in [0.3, 0.4) is 0 Å². The van der Waals surface area contributed by atoms with Crippen LogP contribution in [0.25, 0.3) is 0 Å². The molecule has 0 unspecified atom stereocenters. The van der Waals surface area contributed by atoms with Crippen LogP contribution in [0.2, 0.25) is 5.28 Å². The van der Waals surface area contributed by atoms with Gasteiger partial charge in [0.2, 0.25) is 11.2 Å². The Morgan fingerprint density at radius 3 is 2.22 bits per heavy atom. The number of anilines is 3. The number of benzene rings is 1. The van der Waals surface area contributed by atoms with Crippen LogP contribution in [0.1, 0.15) is 0 Å². The van der Waals surface area contributed by atoms with Crippen molar-refractivity contribution in [3.05, 3.63) is 35.6 Å². The molecule has 2 aromatic rings. The molecule has 0 fully saturated rings. The van der Waals surface area contributed by atoms with E-state index in [0.29, 0.717) is 11.9 Å². The van der Waals surface area contributed by atoms with E-state index in [1.54, 1.807) is 4.90 Å². The molecule has 0 aliphatic heterocycles. The van der Waals surface area contributed by atoms with Crippen LogP contribution in [0.5, 0.6) is 0 Å². The lowest BCUT2D eigenvalue weighted by Gasteiger charge is -2.18. The Hall–Kier alpha value is -1.92. The molecule has 18 heavy (non-hydrogen) atoms. The van der Waals surface area contributed by atoms with Gasteiger partial charge in [0.15, 0.2) is 0 Å². The minimum Gasteiger partial charge on any atom is -0.347 e. The smallest absolute Gasteiger partial charge is 0.250 e. The zero-order valence-electron chi connectivity index (χ0n) is 10.1. The fraction of sp³-hybridized carbons (Fsp3) is 0.182. The first-order valence-corrected chi connectivity index (χ1v) is 5.64. The fourth-order valence-corrected chi connectivity index (χ4v) is 1.49. The van der Waals surface area contributed by atoms with E-state index in [-0.39, 0.29) is 5.28 Å². The van der Waals surface area contributed by atoms with Crippen LogP contribution in [0, 0.1) is 0 Å². The Labute approximate surface area is 110 Å². The quantitative estimate of drug-likeness (QED) is 0.671. The van der Waals surface area contributed by atoms with Crippen molar-refractivity contribution in [2.75, 3.05) is 24.0 Å². The summed E-state index contributed by atoms with van der Waals surface area (Å²) in [7, 11) is 3.64. The molecule has 94 valence electrons. The molecule has 0 aliphatic carbocycles. The van der Waals surface area contributed by atoms with Crippen molar-refractivity contribution in [3.8, 4) is 0 Å². The Kier molecular flexibility index (Phi) is 3.59. The minimum atomic E-state index is 0.107. The maximum Gasteiger partial charge on any atom is 0.250 e. The predicted octanol–water partition coefficient (Wildman–Crippen LogP) is 1.60. The number of halogens is 1. The van der Waals surface area contributed by atoms with Gasteiger partial charge < -0.3 is 4.90 Å². The number of rotatable bonds is 3. The number of nitrogens with two attached hydrogens (primary N) is 1. The Morgan fingerprint density at radius 1 is 1.00 bits per heavy atom. The summed E-state index contributed by atoms with van der Waals surface area (Å²) in [6, 6.07) is 9.37. The standard InChI is InChI=1S/C11H13ClN6/c1-17(2)10-14-9(12)15-11(16-10)18(13)8-6-4-3-5-7-8/h3-7H,13H2,1-2H3. The largest absolute Gasteiger partial charge is 0.347 e. The zero-order valence-corrected chi connectivity index (χ0v) is 10.8. The van der Waals surface area contributed by atoms with Crippen molar-refractivity contribution in [1.82, 2.24) is 15.0 Å². The van der Waals surface area contributed by atoms with Crippen molar-refractivity contribution in [3.63, 3.8) is 0 Å². The van der Waals surface area contributed by atoms with Crippen LogP contribution >= 0.6 is 11.6 Å². The molecule has 6 nitrogen and oxygen atoms in total. The lowest BCUT2D eigenvalue weighted by molar-refractivity contribution is 0.908. The van der Waals surface area contributed by atoms with Crippen LogP contribution in [0.4, 0.5) is 17.6 Å². The summed E-state index contributed by atoms with van der Waals surface area (Å²) >= 11 is 5.85. The Bertz CT molecular complexity index is 530. The van der Waals surface area contributed by atoms with E-state index < -0.39 is 0 Å². The van der Waals surface area contributed by atoms with Gasteiger partial charge in [-0.1, -0.05) is 18.2 Å². The molecular weight excluding hydrogens is 252 g/mol. The lowest BCUT2D eigenvalue weighted by Crippen LogP contribution is -2.28. The highest BCUT2D eigenvalue weighted by Gasteiger charge is 2.12. The van der Waals surface area contributed by atoms with E-state index in [9.17, 15) is 0 Å². The van der Waals surface area contributed by atoms with Crippen molar-refractivity contribution in [2.24, 2.45) is 5.84 Å². The number of para-hydroxylation sites is 1. The topological polar surface area (TPSA) is 71.2 Å². The maximum absolute atomic E-state index is 5.96. The van der Waals surface area contributed by atoms with Crippen molar-refractivity contribution >= 4 is 29.2 Å². The molecule has 0 bridgehead atoms. The number of aromatic nitrogens is 3. The van der Waals surface area contributed by atoms with Gasteiger partial charge in [-0.3, -0.25) is 0 Å². The number of nitrogens with zero attached hydrogens (tertiary/aromatic N) is 5. The molecule has 1 aromatic heterocycles. The van der Waals surface area contributed by atoms with Crippen LogP contribution in [-0.2, 0) is 0 Å². The van der Waals surface area contributed by atoms with Gasteiger partial charge in [0.05, 0.1) is 5.69 Å². The molecule has 0 radical (unpaired) electrons. The van der Waals surface area contributed by atoms with Gasteiger partial charge in [-0.25, -0.2) is 10.9 Å². The molecule has 0 aliphatic rings. The van der Waals surface area contributed by atoms with Crippen molar-refractivity contribution in [1.29, 1.82) is 0 Å².